The van der Waals surface area contributed by atoms with E-state index in [2.05, 4.69) is 18.1 Å². The van der Waals surface area contributed by atoms with Gasteiger partial charge in [0.15, 0.2) is 0 Å². The van der Waals surface area contributed by atoms with Gasteiger partial charge in [0.05, 0.1) is 23.9 Å². The van der Waals surface area contributed by atoms with E-state index in [9.17, 15) is 0 Å². The van der Waals surface area contributed by atoms with Crippen LogP contribution < -0.4 is 5.73 Å². The van der Waals surface area contributed by atoms with Crippen molar-refractivity contribution in [2.45, 2.75) is 26.8 Å². The second-order valence-electron chi connectivity index (χ2n) is 4.61. The molecule has 1 aromatic carbocycles. The number of nitrogens with zero attached hydrogens (tertiary/aromatic N) is 3. The molecule has 2 rings (SSSR count). The van der Waals surface area contributed by atoms with Crippen molar-refractivity contribution >= 4 is 0 Å². The summed E-state index contributed by atoms with van der Waals surface area (Å²) in [5, 5.41) is 13.7. The third-order valence-electron chi connectivity index (χ3n) is 3.38. The van der Waals surface area contributed by atoms with Gasteiger partial charge < -0.3 is 5.73 Å². The molecule has 0 unspecified atom stereocenters. The molecule has 0 aliphatic heterocycles. The Bertz CT molecular complexity index is 620. The van der Waals surface area contributed by atoms with E-state index in [0.29, 0.717) is 18.7 Å². The van der Waals surface area contributed by atoms with E-state index < -0.39 is 0 Å². The average molecular weight is 254 g/mol. The molecule has 0 spiro atoms. The van der Waals surface area contributed by atoms with Gasteiger partial charge >= 0.3 is 0 Å². The van der Waals surface area contributed by atoms with Crippen LogP contribution in [0.25, 0.3) is 0 Å². The highest BCUT2D eigenvalue weighted by Gasteiger charge is 2.12. The fourth-order valence-corrected chi connectivity index (χ4v) is 2.32. The van der Waals surface area contributed by atoms with E-state index in [0.717, 1.165) is 23.4 Å². The Morgan fingerprint density at radius 1 is 1.32 bits per heavy atom. The Labute approximate surface area is 113 Å². The van der Waals surface area contributed by atoms with Crippen molar-refractivity contribution in [3.8, 4) is 6.07 Å². The molecule has 2 aromatic rings. The minimum atomic E-state index is 0.626. The smallest absolute Gasteiger partial charge is 0.0995 e. The van der Waals surface area contributed by atoms with E-state index in [1.807, 2.05) is 35.9 Å². The summed E-state index contributed by atoms with van der Waals surface area (Å²) in [5.74, 6) is 0. The van der Waals surface area contributed by atoms with Gasteiger partial charge in [-0.05, 0) is 44.0 Å². The number of benzene rings is 1. The predicted octanol–water partition coefficient (Wildman–Crippen LogP) is 1.92. The molecular weight excluding hydrogens is 236 g/mol. The van der Waals surface area contributed by atoms with Gasteiger partial charge in [-0.2, -0.15) is 10.4 Å². The minimum Gasteiger partial charge on any atom is -0.330 e. The van der Waals surface area contributed by atoms with Crippen LogP contribution in [-0.2, 0) is 13.0 Å². The standard InChI is InChI=1S/C15H18N4/c1-11-15(7-8-16)12(2)19(18-11)10-14-6-4-3-5-13(14)9-17/h3-6H,7-8,10,16H2,1-2H3. The summed E-state index contributed by atoms with van der Waals surface area (Å²) >= 11 is 0. The Morgan fingerprint density at radius 2 is 2.05 bits per heavy atom. The van der Waals surface area contributed by atoms with Crippen molar-refractivity contribution in [1.29, 1.82) is 5.26 Å². The zero-order valence-electron chi connectivity index (χ0n) is 11.3. The fourth-order valence-electron chi connectivity index (χ4n) is 2.32. The highest BCUT2D eigenvalue weighted by molar-refractivity contribution is 5.38. The normalized spacial score (nSPS) is 10.4. The molecule has 0 fully saturated rings. The van der Waals surface area contributed by atoms with Crippen LogP contribution in [0.5, 0.6) is 0 Å². The second kappa shape index (κ2) is 5.68. The van der Waals surface area contributed by atoms with Crippen molar-refractivity contribution < 1.29 is 0 Å². The Hall–Kier alpha value is -2.12. The summed E-state index contributed by atoms with van der Waals surface area (Å²) in [5.41, 5.74) is 10.7. The molecule has 2 N–H and O–H groups in total. The van der Waals surface area contributed by atoms with Gasteiger partial charge in [-0.1, -0.05) is 18.2 Å². The molecule has 0 atom stereocenters. The number of rotatable bonds is 4. The van der Waals surface area contributed by atoms with E-state index in [4.69, 9.17) is 11.0 Å². The molecule has 19 heavy (non-hydrogen) atoms. The molecule has 4 heteroatoms. The third-order valence-corrected chi connectivity index (χ3v) is 3.38. The molecule has 1 heterocycles. The summed E-state index contributed by atoms with van der Waals surface area (Å²) in [4.78, 5) is 0. The average Bonchev–Trinajstić information content (AvgIpc) is 2.67. The second-order valence-corrected chi connectivity index (χ2v) is 4.61. The van der Waals surface area contributed by atoms with Gasteiger partial charge in [-0.25, -0.2) is 0 Å². The lowest BCUT2D eigenvalue weighted by Crippen LogP contribution is -2.07. The summed E-state index contributed by atoms with van der Waals surface area (Å²) < 4.78 is 1.95. The van der Waals surface area contributed by atoms with Crippen LogP contribution in [0.15, 0.2) is 24.3 Å². The molecule has 0 aliphatic carbocycles. The van der Waals surface area contributed by atoms with Gasteiger partial charge in [0.25, 0.3) is 0 Å². The molecule has 0 aliphatic rings. The summed E-state index contributed by atoms with van der Waals surface area (Å²) in [6.07, 6.45) is 0.845. The van der Waals surface area contributed by atoms with Crippen LogP contribution >= 0.6 is 0 Å². The largest absolute Gasteiger partial charge is 0.330 e. The monoisotopic (exact) mass is 254 g/mol. The molecule has 4 nitrogen and oxygen atoms in total. The topological polar surface area (TPSA) is 67.6 Å². The molecule has 98 valence electrons. The molecule has 0 saturated carbocycles. The van der Waals surface area contributed by atoms with Gasteiger partial charge in [0.1, 0.15) is 0 Å². The zero-order valence-corrected chi connectivity index (χ0v) is 11.3. The molecule has 0 saturated heterocycles. The number of nitrogens with two attached hydrogens (primary N) is 1. The maximum atomic E-state index is 9.11. The predicted molar refractivity (Wildman–Crippen MR) is 74.7 cm³/mol. The number of nitriles is 1. The summed E-state index contributed by atoms with van der Waals surface area (Å²) in [7, 11) is 0. The maximum absolute atomic E-state index is 9.11. The maximum Gasteiger partial charge on any atom is 0.0995 e. The first-order valence-corrected chi connectivity index (χ1v) is 6.38. The van der Waals surface area contributed by atoms with E-state index in [-0.39, 0.29) is 0 Å². The Kier molecular flexibility index (Phi) is 3.98. The van der Waals surface area contributed by atoms with Crippen LogP contribution in [0.4, 0.5) is 0 Å². The first-order valence-electron chi connectivity index (χ1n) is 6.38. The number of aryl methyl sites for hydroxylation is 1. The lowest BCUT2D eigenvalue weighted by molar-refractivity contribution is 0.657. The molecule has 0 bridgehead atoms. The van der Waals surface area contributed by atoms with E-state index >= 15 is 0 Å². The Morgan fingerprint density at radius 3 is 2.74 bits per heavy atom. The zero-order chi connectivity index (χ0) is 13.8. The first kappa shape index (κ1) is 13.3. The summed E-state index contributed by atoms with van der Waals surface area (Å²) in [6, 6.07) is 9.85. The van der Waals surface area contributed by atoms with Crippen molar-refractivity contribution in [2.75, 3.05) is 6.54 Å². The molecule has 0 amide bonds. The number of hydrogen-bond acceptors (Lipinski definition) is 3. The van der Waals surface area contributed by atoms with E-state index in [1.165, 1.54) is 5.56 Å². The van der Waals surface area contributed by atoms with Gasteiger partial charge in [0, 0.05) is 5.69 Å². The third kappa shape index (κ3) is 2.67. The fraction of sp³-hybridized carbons (Fsp3) is 0.333. The lowest BCUT2D eigenvalue weighted by atomic mass is 10.1. The highest BCUT2D eigenvalue weighted by Crippen LogP contribution is 2.16. The first-order chi connectivity index (χ1) is 9.17. The van der Waals surface area contributed by atoms with Gasteiger partial charge in [0.2, 0.25) is 0 Å². The van der Waals surface area contributed by atoms with Crippen molar-refractivity contribution in [1.82, 2.24) is 9.78 Å². The van der Waals surface area contributed by atoms with Crippen LogP contribution in [0.1, 0.15) is 28.1 Å². The van der Waals surface area contributed by atoms with Crippen LogP contribution in [0.3, 0.4) is 0 Å². The highest BCUT2D eigenvalue weighted by atomic mass is 15.3. The van der Waals surface area contributed by atoms with Crippen LogP contribution in [0, 0.1) is 25.2 Å². The molecular formula is C15H18N4. The van der Waals surface area contributed by atoms with E-state index in [1.54, 1.807) is 0 Å². The number of aromatic nitrogens is 2. The van der Waals surface area contributed by atoms with Gasteiger partial charge in [-0.15, -0.1) is 0 Å². The SMILES string of the molecule is Cc1nn(Cc2ccccc2C#N)c(C)c1CCN. The Balaban J connectivity index is 2.34. The van der Waals surface area contributed by atoms with Crippen molar-refractivity contribution in [2.24, 2.45) is 5.73 Å². The van der Waals surface area contributed by atoms with Crippen molar-refractivity contribution in [3.63, 3.8) is 0 Å². The minimum absolute atomic E-state index is 0.626. The number of hydrogen-bond donors (Lipinski definition) is 1. The van der Waals surface area contributed by atoms with Gasteiger partial charge in [-0.3, -0.25) is 4.68 Å². The van der Waals surface area contributed by atoms with Crippen LogP contribution in [0.2, 0.25) is 0 Å². The summed E-state index contributed by atoms with van der Waals surface area (Å²) in [6.45, 7) is 5.31. The molecule has 1 aromatic heterocycles. The lowest BCUT2D eigenvalue weighted by Gasteiger charge is -2.07. The molecule has 0 radical (unpaired) electrons. The van der Waals surface area contributed by atoms with Crippen molar-refractivity contribution in [3.05, 3.63) is 52.3 Å². The van der Waals surface area contributed by atoms with Crippen LogP contribution in [-0.4, -0.2) is 16.3 Å². The quantitative estimate of drug-likeness (QED) is 0.906.